The van der Waals surface area contributed by atoms with Crippen molar-refractivity contribution in [3.8, 4) is 0 Å². The highest BCUT2D eigenvalue weighted by Gasteiger charge is 2.30. The number of sulfonamides is 1. The van der Waals surface area contributed by atoms with Crippen molar-refractivity contribution < 1.29 is 13.2 Å². The highest BCUT2D eigenvalue weighted by atomic mass is 35.5. The average Bonchev–Trinajstić information content (AvgIpc) is 3.29. The fourth-order valence-corrected chi connectivity index (χ4v) is 6.52. The molecule has 0 unspecified atom stereocenters. The molecule has 0 atom stereocenters. The van der Waals surface area contributed by atoms with E-state index in [1.807, 2.05) is 24.3 Å². The molecule has 1 N–H and O–H groups in total. The monoisotopic (exact) mass is 486 g/mol. The number of likely N-dealkylation sites (tertiary alicyclic amines) is 1. The van der Waals surface area contributed by atoms with Gasteiger partial charge in [-0.3, -0.25) is 4.79 Å². The molecule has 33 heavy (non-hydrogen) atoms. The average molecular weight is 487 g/mol. The van der Waals surface area contributed by atoms with Crippen molar-refractivity contribution in [3.05, 3.63) is 58.9 Å². The molecular weight excluding hydrogens is 460 g/mol. The van der Waals surface area contributed by atoms with Gasteiger partial charge in [-0.25, -0.2) is 13.4 Å². The van der Waals surface area contributed by atoms with Crippen LogP contribution in [-0.2, 0) is 10.0 Å². The second-order valence-corrected chi connectivity index (χ2v) is 11.2. The first-order valence-electron chi connectivity index (χ1n) is 11.5. The lowest BCUT2D eigenvalue weighted by atomic mass is 9.95. The number of imidazole rings is 1. The third-order valence-electron chi connectivity index (χ3n) is 6.70. The van der Waals surface area contributed by atoms with Gasteiger partial charge in [0.2, 0.25) is 10.0 Å². The van der Waals surface area contributed by atoms with Crippen molar-refractivity contribution >= 4 is 38.6 Å². The minimum absolute atomic E-state index is 0.134. The standard InChI is InChI=1S/C24H27ClN4O3S/c25-20-9-8-18(33(31,32)29-12-4-1-5-13-29)16-19(20)24(30)28-14-10-17(11-15-28)23-26-21-6-2-3-7-22(21)27-23/h2-3,6-9,16-17H,1,4-5,10-15H2,(H,26,27). The van der Waals surface area contributed by atoms with E-state index in [4.69, 9.17) is 16.6 Å². The Labute approximate surface area is 198 Å². The number of carbonyl (C=O) groups excluding carboxylic acids is 1. The Balaban J connectivity index is 1.31. The predicted molar refractivity (Wildman–Crippen MR) is 128 cm³/mol. The number of aromatic amines is 1. The van der Waals surface area contributed by atoms with Crippen LogP contribution in [0, 0.1) is 0 Å². The summed E-state index contributed by atoms with van der Waals surface area (Å²) in [5, 5.41) is 0.275. The first-order valence-corrected chi connectivity index (χ1v) is 13.3. The third kappa shape index (κ3) is 4.39. The summed E-state index contributed by atoms with van der Waals surface area (Å²) in [7, 11) is -3.63. The summed E-state index contributed by atoms with van der Waals surface area (Å²) in [5.74, 6) is 0.984. The molecule has 0 aliphatic carbocycles. The zero-order chi connectivity index (χ0) is 23.0. The minimum atomic E-state index is -3.63. The number of halogens is 1. The van der Waals surface area contributed by atoms with Crippen molar-refractivity contribution in [1.82, 2.24) is 19.2 Å². The van der Waals surface area contributed by atoms with Crippen LogP contribution in [0.3, 0.4) is 0 Å². The van der Waals surface area contributed by atoms with Crippen LogP contribution in [0.5, 0.6) is 0 Å². The van der Waals surface area contributed by atoms with Crippen molar-refractivity contribution in [2.24, 2.45) is 0 Å². The lowest BCUT2D eigenvalue weighted by molar-refractivity contribution is 0.0711. The van der Waals surface area contributed by atoms with E-state index in [2.05, 4.69) is 4.98 Å². The van der Waals surface area contributed by atoms with Crippen LogP contribution in [0.15, 0.2) is 47.4 Å². The van der Waals surface area contributed by atoms with Gasteiger partial charge < -0.3 is 9.88 Å². The smallest absolute Gasteiger partial charge is 0.255 e. The van der Waals surface area contributed by atoms with E-state index in [9.17, 15) is 13.2 Å². The van der Waals surface area contributed by atoms with Crippen molar-refractivity contribution in [3.63, 3.8) is 0 Å². The second kappa shape index (κ2) is 9.08. The Kier molecular flexibility index (Phi) is 6.16. The van der Waals surface area contributed by atoms with Crippen molar-refractivity contribution in [2.75, 3.05) is 26.2 Å². The van der Waals surface area contributed by atoms with E-state index in [-0.39, 0.29) is 27.3 Å². The molecule has 3 heterocycles. The van der Waals surface area contributed by atoms with E-state index in [1.54, 1.807) is 4.90 Å². The van der Waals surface area contributed by atoms with E-state index < -0.39 is 10.0 Å². The molecule has 9 heteroatoms. The maximum atomic E-state index is 13.3. The molecule has 2 aliphatic heterocycles. The normalized spacial score (nSPS) is 18.6. The van der Waals surface area contributed by atoms with Gasteiger partial charge in [0.15, 0.2) is 0 Å². The molecule has 1 aromatic heterocycles. The Hall–Kier alpha value is -2.42. The molecule has 0 spiro atoms. The number of piperidine rings is 2. The largest absolute Gasteiger partial charge is 0.342 e. The Morgan fingerprint density at radius 3 is 2.45 bits per heavy atom. The molecule has 5 rings (SSSR count). The number of para-hydroxylation sites is 2. The minimum Gasteiger partial charge on any atom is -0.342 e. The fraction of sp³-hybridized carbons (Fsp3) is 0.417. The molecule has 2 aromatic carbocycles. The van der Waals surface area contributed by atoms with Gasteiger partial charge in [0.1, 0.15) is 5.82 Å². The van der Waals surface area contributed by atoms with Gasteiger partial charge in [0, 0.05) is 32.1 Å². The fourth-order valence-electron chi connectivity index (χ4n) is 4.78. The second-order valence-electron chi connectivity index (χ2n) is 8.81. The molecule has 2 fully saturated rings. The van der Waals surface area contributed by atoms with E-state index in [1.165, 1.54) is 22.5 Å². The number of nitrogens with one attached hydrogen (secondary N) is 1. The summed E-state index contributed by atoms with van der Waals surface area (Å²) in [6.07, 6.45) is 4.34. The number of fused-ring (bicyclic) bond motifs is 1. The zero-order valence-electron chi connectivity index (χ0n) is 18.3. The van der Waals surface area contributed by atoms with Crippen LogP contribution >= 0.6 is 11.6 Å². The van der Waals surface area contributed by atoms with Gasteiger partial charge in [-0.15, -0.1) is 0 Å². The summed E-state index contributed by atoms with van der Waals surface area (Å²) >= 11 is 6.34. The number of rotatable bonds is 4. The SMILES string of the molecule is O=C(c1cc(S(=O)(=O)N2CCCCC2)ccc1Cl)N1CCC(c2nc3ccccc3[nH]2)CC1. The van der Waals surface area contributed by atoms with Crippen molar-refractivity contribution in [1.29, 1.82) is 0 Å². The molecule has 3 aromatic rings. The molecular formula is C24H27ClN4O3S. The van der Waals surface area contributed by atoms with E-state index in [0.717, 1.165) is 49.0 Å². The van der Waals surface area contributed by atoms with Gasteiger partial charge in [0.25, 0.3) is 5.91 Å². The lowest BCUT2D eigenvalue weighted by Gasteiger charge is -2.31. The van der Waals surface area contributed by atoms with Gasteiger partial charge in [0.05, 0.1) is 26.5 Å². The molecule has 0 bridgehead atoms. The molecule has 0 radical (unpaired) electrons. The maximum Gasteiger partial charge on any atom is 0.255 e. The number of hydrogen-bond acceptors (Lipinski definition) is 4. The van der Waals surface area contributed by atoms with Crippen molar-refractivity contribution in [2.45, 2.75) is 42.9 Å². The number of nitrogens with zero attached hydrogens (tertiary/aromatic N) is 3. The highest BCUT2D eigenvalue weighted by molar-refractivity contribution is 7.89. The Bertz CT molecular complexity index is 1240. The number of H-pyrrole nitrogens is 1. The predicted octanol–water partition coefficient (Wildman–Crippen LogP) is 4.41. The molecule has 2 saturated heterocycles. The van der Waals surface area contributed by atoms with Gasteiger partial charge in [-0.05, 0) is 56.0 Å². The van der Waals surface area contributed by atoms with Crippen LogP contribution in [0.25, 0.3) is 11.0 Å². The first kappa shape index (κ1) is 22.4. The maximum absolute atomic E-state index is 13.3. The summed E-state index contributed by atoms with van der Waals surface area (Å²) < 4.78 is 27.6. The number of hydrogen-bond donors (Lipinski definition) is 1. The van der Waals surface area contributed by atoms with Crippen LogP contribution < -0.4 is 0 Å². The van der Waals surface area contributed by atoms with E-state index >= 15 is 0 Å². The van der Waals surface area contributed by atoms with Crippen LogP contribution in [0.1, 0.15) is 54.2 Å². The zero-order valence-corrected chi connectivity index (χ0v) is 19.9. The molecule has 0 saturated carbocycles. The topological polar surface area (TPSA) is 86.4 Å². The van der Waals surface area contributed by atoms with Gasteiger partial charge in [-0.2, -0.15) is 4.31 Å². The molecule has 1 amide bonds. The molecule has 7 nitrogen and oxygen atoms in total. The van der Waals surface area contributed by atoms with Gasteiger partial charge in [-0.1, -0.05) is 30.2 Å². The summed E-state index contributed by atoms with van der Waals surface area (Å²) in [6, 6.07) is 12.4. The van der Waals surface area contributed by atoms with Crippen LogP contribution in [0.4, 0.5) is 0 Å². The Morgan fingerprint density at radius 1 is 1.00 bits per heavy atom. The molecule has 174 valence electrons. The number of carbonyl (C=O) groups is 1. The lowest BCUT2D eigenvalue weighted by Crippen LogP contribution is -2.38. The number of amides is 1. The molecule has 2 aliphatic rings. The first-order chi connectivity index (χ1) is 15.9. The van der Waals surface area contributed by atoms with Gasteiger partial charge >= 0.3 is 0 Å². The summed E-state index contributed by atoms with van der Waals surface area (Å²) in [5.41, 5.74) is 2.21. The Morgan fingerprint density at radius 2 is 1.73 bits per heavy atom. The summed E-state index contributed by atoms with van der Waals surface area (Å²) in [4.78, 5) is 23.3. The number of benzene rings is 2. The summed E-state index contributed by atoms with van der Waals surface area (Å²) in [6.45, 7) is 2.17. The highest BCUT2D eigenvalue weighted by Crippen LogP contribution is 2.30. The van der Waals surface area contributed by atoms with Crippen LogP contribution in [0.2, 0.25) is 5.02 Å². The quantitative estimate of drug-likeness (QED) is 0.591. The van der Waals surface area contributed by atoms with E-state index in [0.29, 0.717) is 26.2 Å². The number of aromatic nitrogens is 2. The third-order valence-corrected chi connectivity index (χ3v) is 8.92. The van der Waals surface area contributed by atoms with Crippen LogP contribution in [-0.4, -0.2) is 59.7 Å².